The van der Waals surface area contributed by atoms with Gasteiger partial charge in [-0.1, -0.05) is 60.7 Å². The van der Waals surface area contributed by atoms with Crippen molar-refractivity contribution in [3.05, 3.63) is 95.6 Å². The molecule has 0 saturated carbocycles. The van der Waals surface area contributed by atoms with Crippen LogP contribution in [0.2, 0.25) is 0 Å². The molecular weight excluding hydrogens is 369 g/mol. The first-order valence-corrected chi connectivity index (χ1v) is 8.52. The molecule has 3 aromatic carbocycles. The maximum Gasteiger partial charge on any atom is 0.455 e. The summed E-state index contributed by atoms with van der Waals surface area (Å²) in [5.41, 5.74) is 1.06. The Morgan fingerprint density at radius 3 is 1.82 bits per heavy atom. The van der Waals surface area contributed by atoms with Crippen molar-refractivity contribution >= 4 is 5.78 Å². The molecule has 0 heterocycles. The lowest BCUT2D eigenvalue weighted by molar-refractivity contribution is -0.0886. The topological polar surface area (TPSA) is 35.5 Å². The third-order valence-electron chi connectivity index (χ3n) is 3.94. The van der Waals surface area contributed by atoms with E-state index in [1.807, 2.05) is 36.4 Å². The van der Waals surface area contributed by atoms with Crippen LogP contribution in [-0.4, -0.2) is 12.0 Å². The molecule has 0 atom stereocenters. The molecule has 0 N–H and O–H groups in total. The van der Waals surface area contributed by atoms with Gasteiger partial charge in [0.2, 0.25) is 0 Å². The predicted molar refractivity (Wildman–Crippen MR) is 98.4 cm³/mol. The van der Waals surface area contributed by atoms with Gasteiger partial charge in [0.1, 0.15) is 24.7 Å². The zero-order valence-corrected chi connectivity index (χ0v) is 14.8. The highest BCUT2D eigenvalue weighted by molar-refractivity contribution is 6.02. The van der Waals surface area contributed by atoms with E-state index in [4.69, 9.17) is 9.47 Å². The van der Waals surface area contributed by atoms with Gasteiger partial charge in [0.15, 0.2) is 0 Å². The van der Waals surface area contributed by atoms with E-state index < -0.39 is 17.5 Å². The largest absolute Gasteiger partial charge is 0.489 e. The molecule has 0 amide bonds. The Kier molecular flexibility index (Phi) is 5.99. The Morgan fingerprint density at radius 2 is 1.29 bits per heavy atom. The number of ether oxygens (including phenoxy) is 2. The summed E-state index contributed by atoms with van der Waals surface area (Å²) >= 11 is 0. The molecule has 0 aliphatic carbocycles. The Labute approximate surface area is 160 Å². The molecule has 6 heteroatoms. The second-order valence-corrected chi connectivity index (χ2v) is 6.03. The minimum atomic E-state index is -5.01. The van der Waals surface area contributed by atoms with Crippen molar-refractivity contribution in [3.8, 4) is 11.5 Å². The lowest BCUT2D eigenvalue weighted by Crippen LogP contribution is -2.23. The van der Waals surface area contributed by atoms with Gasteiger partial charge in [0.25, 0.3) is 5.78 Å². The molecule has 28 heavy (non-hydrogen) atoms. The number of hydrogen-bond acceptors (Lipinski definition) is 3. The maximum absolute atomic E-state index is 13.0. The number of hydrogen-bond donors (Lipinski definition) is 0. The van der Waals surface area contributed by atoms with Crippen LogP contribution < -0.4 is 9.47 Å². The van der Waals surface area contributed by atoms with Crippen LogP contribution in [0, 0.1) is 0 Å². The van der Waals surface area contributed by atoms with Crippen molar-refractivity contribution in [1.29, 1.82) is 0 Å². The maximum atomic E-state index is 13.0. The molecule has 0 aromatic heterocycles. The summed E-state index contributed by atoms with van der Waals surface area (Å²) in [4.78, 5) is 11.9. The smallest absolute Gasteiger partial charge is 0.455 e. The van der Waals surface area contributed by atoms with Crippen molar-refractivity contribution in [3.63, 3.8) is 0 Å². The van der Waals surface area contributed by atoms with Crippen LogP contribution in [-0.2, 0) is 13.2 Å². The fraction of sp³-hybridized carbons (Fsp3) is 0.136. The Hall–Kier alpha value is -3.28. The molecule has 0 fully saturated rings. The van der Waals surface area contributed by atoms with Gasteiger partial charge in [-0.2, -0.15) is 13.2 Å². The highest BCUT2D eigenvalue weighted by atomic mass is 19.4. The average molecular weight is 386 g/mol. The van der Waals surface area contributed by atoms with Crippen LogP contribution in [0.1, 0.15) is 21.5 Å². The minimum absolute atomic E-state index is 0.0448. The van der Waals surface area contributed by atoms with E-state index in [1.54, 1.807) is 24.3 Å². The van der Waals surface area contributed by atoms with E-state index >= 15 is 0 Å². The van der Waals surface area contributed by atoms with Crippen molar-refractivity contribution in [1.82, 2.24) is 0 Å². The van der Waals surface area contributed by atoms with Gasteiger partial charge >= 0.3 is 6.18 Å². The molecule has 3 aromatic rings. The number of alkyl halides is 3. The number of carbonyl (C=O) groups is 1. The third kappa shape index (κ3) is 5.13. The number of Topliss-reactive ketones (excluding diaryl/α,β-unsaturated/α-hetero) is 1. The quantitative estimate of drug-likeness (QED) is 0.497. The molecule has 3 rings (SSSR count). The van der Waals surface area contributed by atoms with E-state index in [0.717, 1.165) is 17.2 Å². The number of halogens is 3. The highest BCUT2D eigenvalue weighted by Crippen LogP contribution is 2.31. The first-order chi connectivity index (χ1) is 13.4. The molecule has 0 radical (unpaired) electrons. The molecule has 3 nitrogen and oxygen atoms in total. The van der Waals surface area contributed by atoms with E-state index in [0.29, 0.717) is 0 Å². The van der Waals surface area contributed by atoms with Crippen LogP contribution >= 0.6 is 0 Å². The fourth-order valence-electron chi connectivity index (χ4n) is 2.53. The van der Waals surface area contributed by atoms with Gasteiger partial charge in [-0.3, -0.25) is 4.79 Å². The summed E-state index contributed by atoms with van der Waals surface area (Å²) in [7, 11) is 0. The van der Waals surface area contributed by atoms with E-state index in [-0.39, 0.29) is 24.7 Å². The second kappa shape index (κ2) is 8.61. The summed E-state index contributed by atoms with van der Waals surface area (Å²) in [6, 6.07) is 22.0. The van der Waals surface area contributed by atoms with Crippen molar-refractivity contribution in [2.24, 2.45) is 0 Å². The summed E-state index contributed by atoms with van der Waals surface area (Å²) < 4.78 is 50.1. The summed E-state index contributed by atoms with van der Waals surface area (Å²) in [6.07, 6.45) is -5.01. The van der Waals surface area contributed by atoms with Gasteiger partial charge in [-0.15, -0.1) is 0 Å². The number of benzene rings is 3. The molecular formula is C22H17F3O3. The van der Waals surface area contributed by atoms with Crippen LogP contribution in [0.3, 0.4) is 0 Å². The molecule has 0 unspecified atom stereocenters. The zero-order valence-electron chi connectivity index (χ0n) is 14.8. The van der Waals surface area contributed by atoms with Crippen LogP contribution in [0.5, 0.6) is 11.5 Å². The molecule has 0 aliphatic rings. The Bertz CT molecular complexity index is 923. The number of rotatable bonds is 7. The van der Waals surface area contributed by atoms with Crippen LogP contribution in [0.4, 0.5) is 13.2 Å². The first-order valence-electron chi connectivity index (χ1n) is 8.52. The SMILES string of the molecule is O=C(c1cc(OCc2ccccc2)ccc1OCc1ccccc1)C(F)(F)F. The summed E-state index contributed by atoms with van der Waals surface area (Å²) in [5.74, 6) is -1.96. The fourth-order valence-corrected chi connectivity index (χ4v) is 2.53. The normalized spacial score (nSPS) is 11.1. The van der Waals surface area contributed by atoms with Gasteiger partial charge in [0, 0.05) is 0 Å². The third-order valence-corrected chi connectivity index (χ3v) is 3.94. The van der Waals surface area contributed by atoms with Crippen molar-refractivity contribution in [2.45, 2.75) is 19.4 Å². The lowest BCUT2D eigenvalue weighted by Gasteiger charge is -2.14. The Morgan fingerprint density at radius 1 is 0.750 bits per heavy atom. The van der Waals surface area contributed by atoms with Crippen LogP contribution in [0.15, 0.2) is 78.9 Å². The van der Waals surface area contributed by atoms with Crippen molar-refractivity contribution < 1.29 is 27.4 Å². The molecule has 0 aliphatic heterocycles. The van der Waals surface area contributed by atoms with Gasteiger partial charge < -0.3 is 9.47 Å². The summed E-state index contributed by atoms with van der Waals surface area (Å²) in [5, 5.41) is 0. The van der Waals surface area contributed by atoms with E-state index in [9.17, 15) is 18.0 Å². The standard InChI is InChI=1S/C22H17F3O3/c23-22(24,25)21(26)19-13-18(27-14-16-7-3-1-4-8-16)11-12-20(19)28-15-17-9-5-2-6-10-17/h1-13H,14-15H2. The minimum Gasteiger partial charge on any atom is -0.489 e. The predicted octanol–water partition coefficient (Wildman–Crippen LogP) is 5.59. The van der Waals surface area contributed by atoms with Gasteiger partial charge in [-0.25, -0.2) is 0 Å². The monoisotopic (exact) mass is 386 g/mol. The second-order valence-electron chi connectivity index (χ2n) is 6.03. The van der Waals surface area contributed by atoms with E-state index in [2.05, 4.69) is 0 Å². The van der Waals surface area contributed by atoms with E-state index in [1.165, 1.54) is 12.1 Å². The molecule has 144 valence electrons. The molecule has 0 bridgehead atoms. The van der Waals surface area contributed by atoms with Gasteiger partial charge in [-0.05, 0) is 29.3 Å². The summed E-state index contributed by atoms with van der Waals surface area (Å²) in [6.45, 7) is 0.216. The zero-order chi connectivity index (χ0) is 20.0. The lowest BCUT2D eigenvalue weighted by atomic mass is 10.1. The van der Waals surface area contributed by atoms with Crippen LogP contribution in [0.25, 0.3) is 0 Å². The highest BCUT2D eigenvalue weighted by Gasteiger charge is 2.41. The molecule has 0 saturated heterocycles. The number of carbonyl (C=O) groups excluding carboxylic acids is 1. The molecule has 0 spiro atoms. The first kappa shape index (κ1) is 19.5. The Balaban J connectivity index is 1.81. The van der Waals surface area contributed by atoms with Gasteiger partial charge in [0.05, 0.1) is 5.56 Å². The average Bonchev–Trinajstić information content (AvgIpc) is 2.71. The van der Waals surface area contributed by atoms with Crippen molar-refractivity contribution in [2.75, 3.05) is 0 Å². The number of ketones is 1.